The summed E-state index contributed by atoms with van der Waals surface area (Å²) in [5.74, 6) is -7.79. The van der Waals surface area contributed by atoms with E-state index in [0.29, 0.717) is 63.0 Å². The van der Waals surface area contributed by atoms with E-state index in [2.05, 4.69) is 32.1 Å². The Morgan fingerprint density at radius 2 is 1.37 bits per heavy atom. The number of amides is 10. The van der Waals surface area contributed by atoms with Crippen LogP contribution in [0.5, 0.6) is 0 Å². The van der Waals surface area contributed by atoms with Crippen LogP contribution in [-0.2, 0) is 76.2 Å². The van der Waals surface area contributed by atoms with Gasteiger partial charge in [0.2, 0.25) is 5.91 Å². The predicted molar refractivity (Wildman–Crippen MR) is 392 cm³/mol. The molecule has 8 heterocycles. The van der Waals surface area contributed by atoms with Crippen molar-refractivity contribution < 1.29 is 111 Å². The van der Waals surface area contributed by atoms with Gasteiger partial charge in [-0.2, -0.15) is 0 Å². The first kappa shape index (κ1) is 90.2. The van der Waals surface area contributed by atoms with Crippen molar-refractivity contribution in [2.24, 2.45) is 106 Å². The Labute approximate surface area is 641 Å². The number of aryl methyl sites for hydroxylation is 2. The molecule has 0 aliphatic carbocycles. The van der Waals surface area contributed by atoms with Gasteiger partial charge in [0, 0.05) is 7.05 Å². The third-order valence-corrected chi connectivity index (χ3v) is 24.0. The fourth-order valence-corrected chi connectivity index (χ4v) is 18.6. The van der Waals surface area contributed by atoms with Crippen molar-refractivity contribution in [3.8, 4) is 5.00 Å². The average Bonchev–Trinajstić information content (AvgIpc) is 1.51. The predicted octanol–water partition coefficient (Wildman–Crippen LogP) is -0.200. The zero-order valence-corrected chi connectivity index (χ0v) is 66.1. The molecule has 1 aromatic heterocycles. The number of likely N-dealkylation sites (N-methyl/N-ethyl adjacent to an activating group) is 1. The molecular weight excluding hydrogens is 1520 g/mol. The van der Waals surface area contributed by atoms with Crippen molar-refractivity contribution >= 4 is 103 Å². The number of aliphatic imine (C=N–C) groups is 3. The Hall–Kier alpha value is -8.68. The van der Waals surface area contributed by atoms with E-state index in [-0.39, 0.29) is 104 Å². The number of aromatic nitrogens is 2. The van der Waals surface area contributed by atoms with Crippen LogP contribution in [0, 0.1) is 74.9 Å². The standard InChI is InChI=1S/C62H90N13O14P.C4H7N3O.CH4N2O.CN.Co.H3O4P/c1-29-20-39-40(21-30(29)2)75(28-70-39)57-52(84)53(41(27-76)87-57)89-90(85,86)88-31(3)26-69-49(83)18-19-59(8)37(22-46(66)80)56-62(11)61(10,25-48(68)82)36(14-17-45(65)79)51(74-62)33(5)55-60(9,24-47(67)81)34(12-15-43(63)77)38(71-55)23-42-58(6,7)35(13-16-44(64)78)50(72-42)32(4)54(59)73-56;1-7-2-3(8)6-4(7)5;2-1(3)4;1-2;;1-5(2,3)4/h20-21,23,28,31,34-37,41,52-53,56-57,76,84H,12-19,22,24-27H2,1-11H3,(H15,63,64,65,66,67,68,69,71,72,73,74,77,78,79,80,81,82,83,85,86);2H2,1H3,(H2,5,6,8);(H4,2,3,4);;;(H3,1,2,3,4)/q;;;;+2;/p-2/t31?,34-,35-,36-,37+,41-,52-,53-,56-,57+,59-,60+,61+,62+;;;;;/m1...../s1. The van der Waals surface area contributed by atoms with E-state index < -0.39 is 157 Å². The maximum atomic E-state index is 14.5. The van der Waals surface area contributed by atoms with Gasteiger partial charge < -0.3 is 60.0 Å². The van der Waals surface area contributed by atoms with Crippen LogP contribution in [0.1, 0.15) is 150 Å². The molecule has 15 atom stereocenters. The molecule has 110 heavy (non-hydrogen) atoms. The second-order valence-electron chi connectivity index (χ2n) is 30.0. The van der Waals surface area contributed by atoms with E-state index in [9.17, 15) is 63.3 Å². The quantitative estimate of drug-likeness (QED) is 0.0515. The molecule has 24 N–H and O–H groups in total. The smallest absolute Gasteiger partial charge is 0.352 e. The number of hydrogen-bond donors (Lipinski definition) is 16. The van der Waals surface area contributed by atoms with Crippen LogP contribution in [-0.4, -0.2) is 182 Å². The number of nitrogens with one attached hydrogen (secondary N) is 3. The minimum Gasteiger partial charge on any atom is -0.352 e. The van der Waals surface area contributed by atoms with E-state index in [1.807, 2.05) is 53.7 Å². The third-order valence-electron chi connectivity index (χ3n) is 21.8. The number of phosphoric acid groups is 2. The molecule has 7 aliphatic rings. The van der Waals surface area contributed by atoms with Crippen molar-refractivity contribution in [2.45, 2.75) is 189 Å². The number of guanidine groups is 1. The first-order chi connectivity index (χ1) is 50.7. The SMILES string of the molecule is C/C1=C2N=C(/C=C3N=C(/C(C)=C4/[C@@H](CCC(N)=O)[C@](C)(CC(N)=O)[C@](C)([C@@H]5N=C1[C@](C)(CCC(=O)NCC(C)OP(=O)([O-])O[C@H]1[C@@H](O)[C@@H](n6cnc7cc(C)c(C)cc76)O[C@@H]1CO)[C@H]5CC(N)=O)[N]4[Co+][C]#N)[C@@](C)(CC(N)=O)[C@@H]\3CCC(N)=O)C(C)(C)[C@@H]/2CCC(N)=O.CN1CC(=O)NC1=N.NC(N)=O.O=P(O)(O)O. The minimum absolute atomic E-state index is 0.0111. The molecule has 7 aliphatic heterocycles. The molecule has 3 fully saturated rings. The van der Waals surface area contributed by atoms with Crippen molar-refractivity contribution in [3.63, 3.8) is 0 Å². The molecule has 2 aromatic rings. The molecule has 2 unspecified atom stereocenters. The first-order valence-electron chi connectivity index (χ1n) is 34.9. The van der Waals surface area contributed by atoms with Crippen LogP contribution in [0.3, 0.4) is 0 Å². The molecule has 3 saturated heterocycles. The van der Waals surface area contributed by atoms with Crippen molar-refractivity contribution in [2.75, 3.05) is 26.7 Å². The van der Waals surface area contributed by atoms with Crippen LogP contribution in [0.25, 0.3) is 11.0 Å². The number of allylic oxidation sites excluding steroid dienone is 6. The summed E-state index contributed by atoms with van der Waals surface area (Å²) < 4.78 is 42.6. The number of phosphoric ester groups is 1. The number of primary amides is 8. The number of carbonyl (C=O) groups excluding carboxylic acids is 9. The minimum atomic E-state index is -5.35. The summed E-state index contributed by atoms with van der Waals surface area (Å²) >= 11 is 0.0230. The van der Waals surface area contributed by atoms with Crippen LogP contribution in [0.2, 0.25) is 0 Å². The normalized spacial score (nSPS) is 30.5. The number of nitriles is 1. The Kier molecular flexibility index (Phi) is 29.0. The third kappa shape index (κ3) is 20.1. The van der Waals surface area contributed by atoms with E-state index in [0.717, 1.165) is 11.1 Å². The molecule has 9 rings (SSSR count). The Morgan fingerprint density at radius 1 is 0.818 bits per heavy atom. The monoisotopic (exact) mass is 1630 g/mol. The van der Waals surface area contributed by atoms with Gasteiger partial charge in [-0.05, 0) is 37.1 Å². The Morgan fingerprint density at radius 3 is 1.87 bits per heavy atom. The molecule has 8 bridgehead atoms. The second-order valence-corrected chi connectivity index (χ2v) is 33.2. The van der Waals surface area contributed by atoms with Crippen LogP contribution in [0.4, 0.5) is 4.79 Å². The van der Waals surface area contributed by atoms with Gasteiger partial charge in [-0.15, -0.1) is 0 Å². The van der Waals surface area contributed by atoms with Crippen molar-refractivity contribution in [1.82, 2.24) is 29.0 Å². The van der Waals surface area contributed by atoms with E-state index in [1.165, 1.54) is 17.8 Å². The average molecular weight is 1630 g/mol. The van der Waals surface area contributed by atoms with Crippen molar-refractivity contribution in [1.29, 1.82) is 10.7 Å². The number of fused-ring (bicyclic) bond motifs is 7. The number of carbonyl (C=O) groups is 9. The molecule has 0 saturated carbocycles. The number of urea groups is 1. The topological polar surface area (TPSA) is 681 Å². The van der Waals surface area contributed by atoms with E-state index >= 15 is 0 Å². The zero-order valence-electron chi connectivity index (χ0n) is 63.3. The van der Waals surface area contributed by atoms with Crippen LogP contribution < -0.4 is 61.4 Å². The number of hydrogen-bond acceptors (Lipinski definition) is 24. The number of nitrogens with two attached hydrogens (primary N) is 8. The summed E-state index contributed by atoms with van der Waals surface area (Å²) in [5.41, 5.74) is 44.8. The van der Waals surface area contributed by atoms with Gasteiger partial charge in [-0.1, -0.05) is 0 Å². The molecule has 42 heteroatoms. The van der Waals surface area contributed by atoms with Gasteiger partial charge >= 0.3 is 431 Å². The number of aliphatic hydroxyl groups is 2. The molecule has 608 valence electrons. The van der Waals surface area contributed by atoms with E-state index in [1.54, 1.807) is 49.7 Å². The number of aliphatic hydroxyl groups excluding tert-OH is 2. The fraction of sp³-hybridized carbons (Fsp3) is 0.603. The first-order valence-corrected chi connectivity index (χ1v) is 38.9. The molecule has 10 amide bonds. The number of rotatable bonds is 27. The van der Waals surface area contributed by atoms with Gasteiger partial charge in [0.1, 0.15) is 18.3 Å². The van der Waals surface area contributed by atoms with Crippen LogP contribution >= 0.6 is 15.6 Å². The number of imidazole rings is 1. The number of ether oxygens (including phenoxy) is 1. The summed E-state index contributed by atoms with van der Waals surface area (Å²) in [6.45, 7) is 19.1. The molecule has 0 radical (unpaired) electrons. The Bertz CT molecular complexity index is 4330. The molecule has 39 nitrogen and oxygen atoms in total. The van der Waals surface area contributed by atoms with E-state index in [4.69, 9.17) is 92.6 Å². The molecular formula is C68H102CoN19O20P2. The number of benzene rings is 1. The fourth-order valence-electron chi connectivity index (χ4n) is 16.3. The summed E-state index contributed by atoms with van der Waals surface area (Å²) in [5, 5.41) is 47.2. The maximum absolute atomic E-state index is 14.5. The van der Waals surface area contributed by atoms with Crippen LogP contribution in [0.15, 0.2) is 67.8 Å². The Balaban J connectivity index is 0.000000990. The van der Waals surface area contributed by atoms with Gasteiger partial charge in [0.25, 0.3) is 7.82 Å². The summed E-state index contributed by atoms with van der Waals surface area (Å²) in [4.78, 5) is 171. The zero-order chi connectivity index (χ0) is 83.2. The molecule has 1 aromatic carbocycles. The summed E-state index contributed by atoms with van der Waals surface area (Å²) in [6.07, 6.45) is -5.38. The second kappa shape index (κ2) is 35.3. The van der Waals surface area contributed by atoms with Gasteiger partial charge in [0.15, 0.2) is 12.2 Å². The van der Waals surface area contributed by atoms with Gasteiger partial charge in [-0.3, -0.25) is 20.1 Å². The number of nitrogens with zero attached hydrogens (tertiary/aromatic N) is 8. The van der Waals surface area contributed by atoms with Crippen molar-refractivity contribution in [3.05, 3.63) is 63.9 Å². The summed E-state index contributed by atoms with van der Waals surface area (Å²) in [7, 11) is -8.29. The van der Waals surface area contributed by atoms with Gasteiger partial charge in [0.05, 0.1) is 30.5 Å². The molecule has 0 spiro atoms. The summed E-state index contributed by atoms with van der Waals surface area (Å²) in [6, 6.07) is 1.73. The van der Waals surface area contributed by atoms with Gasteiger partial charge in [-0.25, -0.2) is 14.3 Å².